The van der Waals surface area contributed by atoms with Gasteiger partial charge < -0.3 is 9.52 Å². The van der Waals surface area contributed by atoms with Gasteiger partial charge in [-0.15, -0.1) is 0 Å². The summed E-state index contributed by atoms with van der Waals surface area (Å²) in [6.45, 7) is 1.68. The number of Topliss-reactive ketones (excluding diaryl/α,β-unsaturated/α-hetero) is 1. The molecule has 0 saturated heterocycles. The van der Waals surface area contributed by atoms with Crippen molar-refractivity contribution in [1.82, 2.24) is 0 Å². The standard InChI is InChI=1S/C24H18O4/c1-15-19(25)13-12-18-21(17-10-6-3-7-11-17)22(24(27)28-23(15)18)20(26)14-16-8-4-2-5-9-16/h2-13,25H,14H2,1H3. The largest absolute Gasteiger partial charge is 0.508 e. The lowest BCUT2D eigenvalue weighted by atomic mass is 9.92. The Bertz CT molecular complexity index is 1220. The summed E-state index contributed by atoms with van der Waals surface area (Å²) in [6.07, 6.45) is 0.105. The second-order valence-electron chi connectivity index (χ2n) is 6.68. The number of aromatic hydroxyl groups is 1. The molecule has 0 saturated carbocycles. The third-order valence-corrected chi connectivity index (χ3v) is 4.84. The highest BCUT2D eigenvalue weighted by Gasteiger charge is 2.23. The minimum Gasteiger partial charge on any atom is -0.508 e. The van der Waals surface area contributed by atoms with Crippen molar-refractivity contribution in [3.8, 4) is 16.9 Å². The molecule has 138 valence electrons. The fourth-order valence-corrected chi connectivity index (χ4v) is 3.42. The molecule has 0 aliphatic rings. The molecule has 0 atom stereocenters. The van der Waals surface area contributed by atoms with Crippen LogP contribution in [0.15, 0.2) is 82.0 Å². The Labute approximate surface area is 161 Å². The maximum absolute atomic E-state index is 13.1. The van der Waals surface area contributed by atoms with E-state index in [-0.39, 0.29) is 23.5 Å². The van der Waals surface area contributed by atoms with Crippen LogP contribution in [-0.4, -0.2) is 10.9 Å². The van der Waals surface area contributed by atoms with Crippen LogP contribution in [0.3, 0.4) is 0 Å². The van der Waals surface area contributed by atoms with Gasteiger partial charge in [-0.1, -0.05) is 60.7 Å². The third kappa shape index (κ3) is 3.09. The van der Waals surface area contributed by atoms with E-state index in [0.29, 0.717) is 22.1 Å². The van der Waals surface area contributed by atoms with Gasteiger partial charge in [0.15, 0.2) is 5.78 Å². The Morgan fingerprint density at radius 2 is 1.57 bits per heavy atom. The zero-order chi connectivity index (χ0) is 19.7. The van der Waals surface area contributed by atoms with Gasteiger partial charge in [-0.3, -0.25) is 4.79 Å². The molecule has 0 aliphatic carbocycles. The van der Waals surface area contributed by atoms with Gasteiger partial charge in [0.1, 0.15) is 16.9 Å². The van der Waals surface area contributed by atoms with Crippen molar-refractivity contribution >= 4 is 16.8 Å². The van der Waals surface area contributed by atoms with E-state index < -0.39 is 5.63 Å². The number of hydrogen-bond acceptors (Lipinski definition) is 4. The van der Waals surface area contributed by atoms with Crippen molar-refractivity contribution in [2.45, 2.75) is 13.3 Å². The van der Waals surface area contributed by atoms with E-state index in [0.717, 1.165) is 11.1 Å². The zero-order valence-electron chi connectivity index (χ0n) is 15.3. The number of carbonyl (C=O) groups is 1. The minimum absolute atomic E-state index is 0.0349. The van der Waals surface area contributed by atoms with Crippen LogP contribution in [0.25, 0.3) is 22.1 Å². The summed E-state index contributed by atoms with van der Waals surface area (Å²) in [6, 6.07) is 21.8. The second kappa shape index (κ2) is 7.16. The van der Waals surface area contributed by atoms with Crippen LogP contribution in [0.4, 0.5) is 0 Å². The normalized spacial score (nSPS) is 10.9. The first-order chi connectivity index (χ1) is 13.6. The molecule has 4 aromatic rings. The molecule has 1 aromatic heterocycles. The smallest absolute Gasteiger partial charge is 0.347 e. The van der Waals surface area contributed by atoms with Crippen molar-refractivity contribution in [2.75, 3.05) is 0 Å². The van der Waals surface area contributed by atoms with E-state index in [1.54, 1.807) is 19.1 Å². The summed E-state index contributed by atoms with van der Waals surface area (Å²) in [5, 5.41) is 10.6. The highest BCUT2D eigenvalue weighted by Crippen LogP contribution is 2.35. The van der Waals surface area contributed by atoms with Crippen molar-refractivity contribution in [1.29, 1.82) is 0 Å². The van der Waals surface area contributed by atoms with Gasteiger partial charge in [0.05, 0.1) is 0 Å². The summed E-state index contributed by atoms with van der Waals surface area (Å²) in [5.41, 5.74) is 2.22. The van der Waals surface area contributed by atoms with Gasteiger partial charge in [0.25, 0.3) is 0 Å². The van der Waals surface area contributed by atoms with Gasteiger partial charge in [-0.2, -0.15) is 0 Å². The highest BCUT2D eigenvalue weighted by atomic mass is 16.4. The third-order valence-electron chi connectivity index (χ3n) is 4.84. The number of fused-ring (bicyclic) bond motifs is 1. The van der Waals surface area contributed by atoms with Crippen molar-refractivity contribution in [3.63, 3.8) is 0 Å². The van der Waals surface area contributed by atoms with Crippen LogP contribution >= 0.6 is 0 Å². The first-order valence-corrected chi connectivity index (χ1v) is 8.98. The Morgan fingerprint density at radius 1 is 0.929 bits per heavy atom. The fourth-order valence-electron chi connectivity index (χ4n) is 3.42. The van der Waals surface area contributed by atoms with Gasteiger partial charge in [0.2, 0.25) is 0 Å². The van der Waals surface area contributed by atoms with Crippen molar-refractivity contribution in [3.05, 3.63) is 99.9 Å². The lowest BCUT2D eigenvalue weighted by Gasteiger charge is -2.13. The SMILES string of the molecule is Cc1c(O)ccc2c(-c3ccccc3)c(C(=O)Cc3ccccc3)c(=O)oc12. The van der Waals surface area contributed by atoms with E-state index in [1.165, 1.54) is 0 Å². The fraction of sp³-hybridized carbons (Fsp3) is 0.0833. The molecule has 0 spiro atoms. The average molecular weight is 370 g/mol. The summed E-state index contributed by atoms with van der Waals surface area (Å²) >= 11 is 0. The zero-order valence-corrected chi connectivity index (χ0v) is 15.3. The van der Waals surface area contributed by atoms with Crippen LogP contribution in [0.1, 0.15) is 21.5 Å². The molecule has 4 rings (SSSR count). The molecule has 0 amide bonds. The van der Waals surface area contributed by atoms with E-state index in [1.807, 2.05) is 60.7 Å². The number of rotatable bonds is 4. The highest BCUT2D eigenvalue weighted by molar-refractivity contribution is 6.10. The number of benzene rings is 3. The van der Waals surface area contributed by atoms with Crippen LogP contribution in [0.5, 0.6) is 5.75 Å². The van der Waals surface area contributed by atoms with E-state index in [4.69, 9.17) is 4.42 Å². The summed E-state index contributed by atoms with van der Waals surface area (Å²) in [4.78, 5) is 26.0. The molecular weight excluding hydrogens is 352 g/mol. The number of ketones is 1. The number of phenols is 1. The van der Waals surface area contributed by atoms with Crippen molar-refractivity contribution in [2.24, 2.45) is 0 Å². The number of carbonyl (C=O) groups excluding carboxylic acids is 1. The molecule has 4 nitrogen and oxygen atoms in total. The monoisotopic (exact) mass is 370 g/mol. The lowest BCUT2D eigenvalue weighted by Crippen LogP contribution is -2.18. The molecule has 1 heterocycles. The first kappa shape index (κ1) is 17.7. The topological polar surface area (TPSA) is 67.5 Å². The van der Waals surface area contributed by atoms with Crippen LogP contribution < -0.4 is 5.63 Å². The predicted octanol–water partition coefficient (Wildman–Crippen LogP) is 4.90. The Balaban J connectivity index is 2.00. The quantitative estimate of drug-likeness (QED) is 0.410. The molecule has 3 aromatic carbocycles. The molecule has 0 fully saturated rings. The Morgan fingerprint density at radius 3 is 2.25 bits per heavy atom. The molecule has 0 aliphatic heterocycles. The first-order valence-electron chi connectivity index (χ1n) is 8.98. The van der Waals surface area contributed by atoms with E-state index in [2.05, 4.69) is 0 Å². The van der Waals surface area contributed by atoms with Crippen LogP contribution in [0.2, 0.25) is 0 Å². The van der Waals surface area contributed by atoms with Gasteiger partial charge in [0, 0.05) is 22.9 Å². The number of hydrogen-bond donors (Lipinski definition) is 1. The van der Waals surface area contributed by atoms with Gasteiger partial charge >= 0.3 is 5.63 Å². The molecule has 28 heavy (non-hydrogen) atoms. The van der Waals surface area contributed by atoms with Crippen molar-refractivity contribution < 1.29 is 14.3 Å². The van der Waals surface area contributed by atoms with Crippen LogP contribution in [0, 0.1) is 6.92 Å². The summed E-state index contributed by atoms with van der Waals surface area (Å²) < 4.78 is 5.49. The predicted molar refractivity (Wildman–Crippen MR) is 109 cm³/mol. The van der Waals surface area contributed by atoms with Gasteiger partial charge in [-0.25, -0.2) is 4.79 Å². The average Bonchev–Trinajstić information content (AvgIpc) is 2.71. The molecule has 1 N–H and O–H groups in total. The molecule has 0 unspecified atom stereocenters. The molecular formula is C24H18O4. The molecule has 4 heteroatoms. The Hall–Kier alpha value is -3.66. The van der Waals surface area contributed by atoms with Crippen LogP contribution in [-0.2, 0) is 6.42 Å². The molecule has 0 bridgehead atoms. The Kier molecular flexibility index (Phi) is 4.53. The van der Waals surface area contributed by atoms with E-state index in [9.17, 15) is 14.7 Å². The summed E-state index contributed by atoms with van der Waals surface area (Å²) in [5.74, 6) is -0.260. The van der Waals surface area contributed by atoms with E-state index >= 15 is 0 Å². The lowest BCUT2D eigenvalue weighted by molar-refractivity contribution is 0.0990. The number of phenolic OH excluding ortho intramolecular Hbond substituents is 1. The second-order valence-corrected chi connectivity index (χ2v) is 6.68. The molecule has 0 radical (unpaired) electrons. The van der Waals surface area contributed by atoms with Gasteiger partial charge in [-0.05, 0) is 30.2 Å². The number of aryl methyl sites for hydroxylation is 1. The maximum Gasteiger partial charge on any atom is 0.347 e. The maximum atomic E-state index is 13.1. The minimum atomic E-state index is -0.694. The summed E-state index contributed by atoms with van der Waals surface area (Å²) in [7, 11) is 0.